The molecule has 176 valence electrons. The molecule has 3 aromatic rings. The molecule has 6 heteroatoms. The van der Waals surface area contributed by atoms with Crippen LogP contribution in [0.15, 0.2) is 67.3 Å². The third kappa shape index (κ3) is 6.78. The van der Waals surface area contributed by atoms with Gasteiger partial charge in [-0.1, -0.05) is 54.1 Å². The van der Waals surface area contributed by atoms with E-state index < -0.39 is 6.10 Å². The molecule has 0 aliphatic carbocycles. The van der Waals surface area contributed by atoms with E-state index in [0.29, 0.717) is 25.6 Å². The average molecular weight is 450 g/mol. The molecule has 3 rings (SSSR count). The van der Waals surface area contributed by atoms with Gasteiger partial charge in [0.25, 0.3) is 0 Å². The van der Waals surface area contributed by atoms with E-state index in [1.165, 1.54) is 5.56 Å². The highest BCUT2D eigenvalue weighted by Gasteiger charge is 2.24. The molecular weight excluding hydrogens is 414 g/mol. The Hall–Kier alpha value is -2.93. The lowest BCUT2D eigenvalue weighted by Gasteiger charge is -2.29. The molecule has 0 spiro atoms. The number of aryl methyl sites for hydroxylation is 2. The molecule has 0 bridgehead atoms. The summed E-state index contributed by atoms with van der Waals surface area (Å²) in [5.74, 6) is 1.46. The second kappa shape index (κ2) is 11.8. The normalized spacial score (nSPS) is 12.3. The van der Waals surface area contributed by atoms with Crippen molar-refractivity contribution < 1.29 is 14.6 Å². The molecule has 0 aliphatic heterocycles. The monoisotopic (exact) mass is 449 g/mol. The van der Waals surface area contributed by atoms with E-state index in [9.17, 15) is 5.11 Å². The molecule has 1 N–H and O–H groups in total. The summed E-state index contributed by atoms with van der Waals surface area (Å²) >= 11 is 0. The summed E-state index contributed by atoms with van der Waals surface area (Å²) < 4.78 is 13.6. The first-order chi connectivity index (χ1) is 15.9. The Bertz CT molecular complexity index is 1010. The van der Waals surface area contributed by atoms with E-state index in [0.717, 1.165) is 22.6 Å². The van der Waals surface area contributed by atoms with Crippen molar-refractivity contribution in [3.05, 3.63) is 78.4 Å². The quantitative estimate of drug-likeness (QED) is 0.313. The highest BCUT2D eigenvalue weighted by molar-refractivity contribution is 5.65. The third-order valence-corrected chi connectivity index (χ3v) is 5.45. The van der Waals surface area contributed by atoms with Gasteiger partial charge in [0.1, 0.15) is 11.4 Å². The molecule has 1 aromatic heterocycles. The summed E-state index contributed by atoms with van der Waals surface area (Å²) in [5, 5.41) is 15.4. The predicted octanol–water partition coefficient (Wildman–Crippen LogP) is 4.96. The molecule has 0 amide bonds. The molecular formula is C27H35N3O3. The number of nitrogens with zero attached hydrogens (tertiary/aromatic N) is 3. The summed E-state index contributed by atoms with van der Waals surface area (Å²) in [6.07, 6.45) is 1.08. The lowest BCUT2D eigenvalue weighted by Crippen LogP contribution is -2.39. The number of aliphatic hydroxyl groups is 1. The van der Waals surface area contributed by atoms with E-state index in [4.69, 9.17) is 14.6 Å². The zero-order valence-corrected chi connectivity index (χ0v) is 20.1. The van der Waals surface area contributed by atoms with Gasteiger partial charge >= 0.3 is 0 Å². The molecule has 1 atom stereocenters. The van der Waals surface area contributed by atoms with Crippen molar-refractivity contribution in [3.63, 3.8) is 0 Å². The number of hydrogen-bond acceptors (Lipinski definition) is 5. The minimum absolute atomic E-state index is 0.204. The Balaban J connectivity index is 1.93. The first-order valence-corrected chi connectivity index (χ1v) is 11.4. The topological polar surface area (TPSA) is 59.8 Å². The highest BCUT2D eigenvalue weighted by atomic mass is 16.5. The molecule has 0 saturated heterocycles. The summed E-state index contributed by atoms with van der Waals surface area (Å²) in [7, 11) is 1.90. The zero-order chi connectivity index (χ0) is 23.8. The van der Waals surface area contributed by atoms with E-state index in [-0.39, 0.29) is 12.6 Å². The largest absolute Gasteiger partial charge is 0.439 e. The fraction of sp³-hybridized carbons (Fsp3) is 0.370. The molecule has 1 unspecified atom stereocenters. The van der Waals surface area contributed by atoms with E-state index >= 15 is 0 Å². The van der Waals surface area contributed by atoms with Crippen LogP contribution in [0.1, 0.15) is 25.0 Å². The Morgan fingerprint density at radius 2 is 1.82 bits per heavy atom. The van der Waals surface area contributed by atoms with Crippen LogP contribution < -0.4 is 4.74 Å². The molecule has 0 saturated carbocycles. The van der Waals surface area contributed by atoms with E-state index in [2.05, 4.69) is 44.4 Å². The molecule has 0 radical (unpaired) electrons. The maximum atomic E-state index is 10.5. The number of ether oxygens (including phenoxy) is 2. The highest BCUT2D eigenvalue weighted by Crippen LogP contribution is 2.34. The van der Waals surface area contributed by atoms with Gasteiger partial charge in [0.15, 0.2) is 0 Å². The number of rotatable bonds is 12. The molecule has 33 heavy (non-hydrogen) atoms. The lowest BCUT2D eigenvalue weighted by molar-refractivity contribution is 0.0177. The second-order valence-corrected chi connectivity index (χ2v) is 8.54. The number of benzene rings is 2. The smallest absolute Gasteiger partial charge is 0.222 e. The first-order valence-electron chi connectivity index (χ1n) is 11.4. The van der Waals surface area contributed by atoms with Crippen LogP contribution in [-0.2, 0) is 18.3 Å². The molecule has 0 fully saturated rings. The van der Waals surface area contributed by atoms with Gasteiger partial charge in [-0.2, -0.15) is 5.10 Å². The average Bonchev–Trinajstić information content (AvgIpc) is 3.10. The van der Waals surface area contributed by atoms with Gasteiger partial charge in [0.2, 0.25) is 5.88 Å². The fourth-order valence-corrected chi connectivity index (χ4v) is 3.64. The van der Waals surface area contributed by atoms with Crippen molar-refractivity contribution in [1.82, 2.24) is 14.7 Å². The van der Waals surface area contributed by atoms with Gasteiger partial charge in [0.05, 0.1) is 24.9 Å². The molecule has 1 heterocycles. The Morgan fingerprint density at radius 1 is 1.12 bits per heavy atom. The van der Waals surface area contributed by atoms with E-state index in [1.54, 1.807) is 10.8 Å². The summed E-state index contributed by atoms with van der Waals surface area (Å²) in [6, 6.07) is 18.3. The van der Waals surface area contributed by atoms with Crippen molar-refractivity contribution in [2.24, 2.45) is 7.05 Å². The standard InChI is InChI=1S/C27H35N3O3/c1-6-16-32-19-23(31)17-30(20(2)3)18-25-26(22-10-8-7-9-11-22)28-29(5)27(25)33-24-14-12-21(4)13-15-24/h6-15,20,23,31H,1,16-19H2,2-5H3. The third-order valence-electron chi connectivity index (χ3n) is 5.45. The van der Waals surface area contributed by atoms with Gasteiger partial charge < -0.3 is 14.6 Å². The maximum Gasteiger partial charge on any atom is 0.222 e. The van der Waals surface area contributed by atoms with Gasteiger partial charge in [-0.25, -0.2) is 4.68 Å². The molecule has 6 nitrogen and oxygen atoms in total. The summed E-state index contributed by atoms with van der Waals surface area (Å²) in [6.45, 7) is 11.7. The van der Waals surface area contributed by atoms with Crippen molar-refractivity contribution in [1.29, 1.82) is 0 Å². The van der Waals surface area contributed by atoms with Crippen LogP contribution in [0.2, 0.25) is 0 Å². The van der Waals surface area contributed by atoms with Crippen LogP contribution in [-0.4, -0.2) is 51.7 Å². The van der Waals surface area contributed by atoms with E-state index in [1.807, 2.05) is 49.5 Å². The van der Waals surface area contributed by atoms with Crippen molar-refractivity contribution in [3.8, 4) is 22.9 Å². The Labute approximate surface area is 197 Å². The first kappa shape index (κ1) is 24.7. The lowest BCUT2D eigenvalue weighted by atomic mass is 10.1. The maximum absolute atomic E-state index is 10.5. The minimum atomic E-state index is -0.606. The van der Waals surface area contributed by atoms with Crippen molar-refractivity contribution >= 4 is 0 Å². The Kier molecular flexibility index (Phi) is 8.83. The van der Waals surface area contributed by atoms with Crippen molar-refractivity contribution in [2.45, 2.75) is 39.5 Å². The SMILES string of the molecule is C=CCOCC(O)CN(Cc1c(-c2ccccc2)nn(C)c1Oc1ccc(C)cc1)C(C)C. The van der Waals surface area contributed by atoms with Crippen molar-refractivity contribution in [2.75, 3.05) is 19.8 Å². The van der Waals surface area contributed by atoms with Crippen LogP contribution in [0.25, 0.3) is 11.3 Å². The Morgan fingerprint density at radius 3 is 2.45 bits per heavy atom. The van der Waals surface area contributed by atoms with Gasteiger partial charge in [-0.3, -0.25) is 4.90 Å². The summed E-state index contributed by atoms with van der Waals surface area (Å²) in [4.78, 5) is 2.22. The van der Waals surface area contributed by atoms with Crippen LogP contribution >= 0.6 is 0 Å². The number of hydrogen-bond donors (Lipinski definition) is 1. The molecule has 2 aromatic carbocycles. The number of aromatic nitrogens is 2. The minimum Gasteiger partial charge on any atom is -0.439 e. The molecule has 0 aliphatic rings. The van der Waals surface area contributed by atoms with Crippen LogP contribution in [0.4, 0.5) is 0 Å². The summed E-state index contributed by atoms with van der Waals surface area (Å²) in [5.41, 5.74) is 4.07. The van der Waals surface area contributed by atoms with Crippen LogP contribution in [0.5, 0.6) is 11.6 Å². The van der Waals surface area contributed by atoms with Crippen LogP contribution in [0.3, 0.4) is 0 Å². The predicted molar refractivity (Wildman–Crippen MR) is 132 cm³/mol. The fourth-order valence-electron chi connectivity index (χ4n) is 3.64. The zero-order valence-electron chi connectivity index (χ0n) is 20.1. The number of aliphatic hydroxyl groups excluding tert-OH is 1. The van der Waals surface area contributed by atoms with Gasteiger partial charge in [-0.15, -0.1) is 6.58 Å². The van der Waals surface area contributed by atoms with Gasteiger partial charge in [-0.05, 0) is 32.9 Å². The van der Waals surface area contributed by atoms with Gasteiger partial charge in [0, 0.05) is 31.7 Å². The van der Waals surface area contributed by atoms with Crippen LogP contribution in [0, 0.1) is 6.92 Å². The second-order valence-electron chi connectivity index (χ2n) is 8.54.